The normalized spacial score (nSPS) is 17.8. The number of rotatable bonds is 6. The Labute approximate surface area is 169 Å². The van der Waals surface area contributed by atoms with Crippen LogP contribution in [-0.2, 0) is 16.1 Å². The van der Waals surface area contributed by atoms with E-state index in [0.29, 0.717) is 30.1 Å². The Bertz CT molecular complexity index is 908. The number of carbonyl (C=O) groups is 2. The molecule has 1 unspecified atom stereocenters. The van der Waals surface area contributed by atoms with Crippen LogP contribution in [-0.4, -0.2) is 49.7 Å². The first-order valence-corrected chi connectivity index (χ1v) is 9.73. The molecule has 2 amide bonds. The van der Waals surface area contributed by atoms with E-state index < -0.39 is 0 Å². The van der Waals surface area contributed by atoms with E-state index in [-0.39, 0.29) is 24.5 Å². The van der Waals surface area contributed by atoms with Crippen LogP contribution < -0.4 is 14.8 Å². The van der Waals surface area contributed by atoms with Gasteiger partial charge in [0, 0.05) is 25.3 Å². The lowest BCUT2D eigenvalue weighted by molar-refractivity contribution is -0.118. The Hall–Kier alpha value is -3.06. The van der Waals surface area contributed by atoms with Crippen LogP contribution in [0, 0.1) is 0 Å². The van der Waals surface area contributed by atoms with E-state index in [2.05, 4.69) is 5.32 Å². The van der Waals surface area contributed by atoms with Crippen molar-refractivity contribution in [3.05, 3.63) is 53.6 Å². The fraction of sp³-hybridized carbons (Fsp3) is 0.364. The minimum absolute atomic E-state index is 0.0396. The fourth-order valence-corrected chi connectivity index (χ4v) is 3.63. The van der Waals surface area contributed by atoms with E-state index in [0.717, 1.165) is 30.8 Å². The summed E-state index contributed by atoms with van der Waals surface area (Å²) in [6, 6.07) is 12.8. The summed E-state index contributed by atoms with van der Waals surface area (Å²) in [6.07, 6.45) is 2.00. The van der Waals surface area contributed by atoms with Crippen molar-refractivity contribution in [1.29, 1.82) is 0 Å². The highest BCUT2D eigenvalue weighted by molar-refractivity contribution is 5.99. The summed E-state index contributed by atoms with van der Waals surface area (Å²) in [5.74, 6) is 0.958. The molecule has 2 aliphatic rings. The number of nitrogens with one attached hydrogen (secondary N) is 1. The van der Waals surface area contributed by atoms with Gasteiger partial charge in [-0.15, -0.1) is 0 Å². The first-order chi connectivity index (χ1) is 14.1. The summed E-state index contributed by atoms with van der Waals surface area (Å²) >= 11 is 0. The topological polar surface area (TPSA) is 77.1 Å². The second-order valence-electron chi connectivity index (χ2n) is 7.22. The highest BCUT2D eigenvalue weighted by Gasteiger charge is 2.25. The van der Waals surface area contributed by atoms with Crippen LogP contribution in [0.3, 0.4) is 0 Å². The number of anilines is 1. The molecule has 2 heterocycles. The van der Waals surface area contributed by atoms with Gasteiger partial charge in [-0.1, -0.05) is 12.1 Å². The largest absolute Gasteiger partial charge is 0.497 e. The van der Waals surface area contributed by atoms with Crippen LogP contribution in [0.4, 0.5) is 5.69 Å². The average Bonchev–Trinajstić information content (AvgIpc) is 3.25. The number of benzene rings is 2. The molecule has 4 rings (SSSR count). The standard InChI is InChI=1S/C22H24N2O5/c1-27-17-5-2-4-15(10-17)12-24(13-18-6-3-9-28-18)22(26)16-7-8-19-20(11-16)29-14-21(25)23-19/h2,4-5,7-8,10-11,18H,3,6,9,12-14H2,1H3,(H,23,25). The van der Waals surface area contributed by atoms with Crippen molar-refractivity contribution in [3.8, 4) is 11.5 Å². The van der Waals surface area contributed by atoms with Crippen molar-refractivity contribution in [2.75, 3.05) is 32.2 Å². The molecule has 0 aliphatic carbocycles. The Balaban J connectivity index is 1.57. The van der Waals surface area contributed by atoms with Gasteiger partial charge in [0.2, 0.25) is 0 Å². The Morgan fingerprint density at radius 2 is 2.17 bits per heavy atom. The number of nitrogens with zero attached hydrogens (tertiary/aromatic N) is 1. The summed E-state index contributed by atoms with van der Waals surface area (Å²) in [5, 5.41) is 2.74. The van der Waals surface area contributed by atoms with E-state index in [9.17, 15) is 9.59 Å². The molecule has 1 N–H and O–H groups in total. The van der Waals surface area contributed by atoms with Crippen LogP contribution in [0.2, 0.25) is 0 Å². The maximum atomic E-state index is 13.3. The summed E-state index contributed by atoms with van der Waals surface area (Å²) in [4.78, 5) is 26.6. The van der Waals surface area contributed by atoms with Crippen LogP contribution in [0.25, 0.3) is 0 Å². The molecular weight excluding hydrogens is 372 g/mol. The number of amides is 2. The molecule has 152 valence electrons. The van der Waals surface area contributed by atoms with Crippen LogP contribution in [0.5, 0.6) is 11.5 Å². The van der Waals surface area contributed by atoms with Gasteiger partial charge in [-0.2, -0.15) is 0 Å². The molecule has 1 atom stereocenters. The predicted octanol–water partition coefficient (Wildman–Crippen LogP) is 2.85. The van der Waals surface area contributed by atoms with Gasteiger partial charge in [-0.05, 0) is 48.7 Å². The van der Waals surface area contributed by atoms with Crippen molar-refractivity contribution in [1.82, 2.24) is 4.90 Å². The molecule has 0 saturated carbocycles. The molecule has 2 aliphatic heterocycles. The molecular formula is C22H24N2O5. The molecule has 0 spiro atoms. The van der Waals surface area contributed by atoms with Gasteiger partial charge in [0.1, 0.15) is 11.5 Å². The average molecular weight is 396 g/mol. The zero-order valence-electron chi connectivity index (χ0n) is 16.3. The van der Waals surface area contributed by atoms with Crippen molar-refractivity contribution >= 4 is 17.5 Å². The number of carbonyl (C=O) groups excluding carboxylic acids is 2. The first kappa shape index (κ1) is 19.3. The van der Waals surface area contributed by atoms with Gasteiger partial charge < -0.3 is 24.4 Å². The summed E-state index contributed by atoms with van der Waals surface area (Å²) < 4.78 is 16.5. The Kier molecular flexibility index (Phi) is 5.67. The van der Waals surface area contributed by atoms with Gasteiger partial charge in [-0.25, -0.2) is 0 Å². The lowest BCUT2D eigenvalue weighted by Gasteiger charge is -2.26. The van der Waals surface area contributed by atoms with Crippen LogP contribution in [0.15, 0.2) is 42.5 Å². The van der Waals surface area contributed by atoms with Gasteiger partial charge in [0.25, 0.3) is 11.8 Å². The maximum Gasteiger partial charge on any atom is 0.262 e. The third kappa shape index (κ3) is 4.51. The number of ether oxygens (including phenoxy) is 3. The zero-order valence-corrected chi connectivity index (χ0v) is 16.3. The second-order valence-corrected chi connectivity index (χ2v) is 7.22. The third-order valence-electron chi connectivity index (χ3n) is 5.10. The van der Waals surface area contributed by atoms with Crippen LogP contribution in [0.1, 0.15) is 28.8 Å². The minimum atomic E-state index is -0.199. The fourth-order valence-electron chi connectivity index (χ4n) is 3.63. The van der Waals surface area contributed by atoms with E-state index in [1.165, 1.54) is 0 Å². The predicted molar refractivity (Wildman–Crippen MR) is 107 cm³/mol. The molecule has 29 heavy (non-hydrogen) atoms. The molecule has 1 saturated heterocycles. The van der Waals surface area contributed by atoms with Gasteiger partial charge in [0.05, 0.1) is 18.9 Å². The molecule has 0 radical (unpaired) electrons. The number of hydrogen-bond acceptors (Lipinski definition) is 5. The SMILES string of the molecule is COc1cccc(CN(CC2CCCO2)C(=O)c2ccc3c(c2)OCC(=O)N3)c1. The van der Waals surface area contributed by atoms with Crippen LogP contribution >= 0.6 is 0 Å². The van der Waals surface area contributed by atoms with Gasteiger partial charge in [-0.3, -0.25) is 9.59 Å². The molecule has 2 aromatic carbocycles. The first-order valence-electron chi connectivity index (χ1n) is 9.73. The molecule has 1 fully saturated rings. The Morgan fingerprint density at radius 1 is 1.28 bits per heavy atom. The second kappa shape index (κ2) is 8.53. The summed E-state index contributed by atoms with van der Waals surface area (Å²) in [5.41, 5.74) is 2.08. The Morgan fingerprint density at radius 3 is 2.97 bits per heavy atom. The van der Waals surface area contributed by atoms with E-state index >= 15 is 0 Å². The highest BCUT2D eigenvalue weighted by Crippen LogP contribution is 2.29. The van der Waals surface area contributed by atoms with Crippen molar-refractivity contribution in [2.45, 2.75) is 25.5 Å². The van der Waals surface area contributed by atoms with Gasteiger partial charge >= 0.3 is 0 Å². The highest BCUT2D eigenvalue weighted by atomic mass is 16.5. The van der Waals surface area contributed by atoms with E-state index in [1.807, 2.05) is 24.3 Å². The van der Waals surface area contributed by atoms with Crippen molar-refractivity contribution in [2.24, 2.45) is 0 Å². The quantitative estimate of drug-likeness (QED) is 0.813. The van der Waals surface area contributed by atoms with E-state index in [4.69, 9.17) is 14.2 Å². The third-order valence-corrected chi connectivity index (χ3v) is 5.10. The summed E-state index contributed by atoms with van der Waals surface area (Å²) in [6.45, 7) is 1.65. The van der Waals surface area contributed by atoms with Gasteiger partial charge in [0.15, 0.2) is 6.61 Å². The number of methoxy groups -OCH3 is 1. The molecule has 2 aromatic rings. The maximum absolute atomic E-state index is 13.3. The molecule has 7 heteroatoms. The number of hydrogen-bond donors (Lipinski definition) is 1. The lowest BCUT2D eigenvalue weighted by atomic mass is 10.1. The number of fused-ring (bicyclic) bond motifs is 1. The summed E-state index contributed by atoms with van der Waals surface area (Å²) in [7, 11) is 1.63. The van der Waals surface area contributed by atoms with E-state index in [1.54, 1.807) is 30.2 Å². The lowest BCUT2D eigenvalue weighted by Crippen LogP contribution is -2.37. The molecule has 0 aromatic heterocycles. The van der Waals surface area contributed by atoms with Crippen molar-refractivity contribution in [3.63, 3.8) is 0 Å². The van der Waals surface area contributed by atoms with Crippen molar-refractivity contribution < 1.29 is 23.8 Å². The zero-order chi connectivity index (χ0) is 20.2. The molecule has 0 bridgehead atoms. The minimum Gasteiger partial charge on any atom is -0.497 e. The molecule has 7 nitrogen and oxygen atoms in total. The smallest absolute Gasteiger partial charge is 0.262 e. The monoisotopic (exact) mass is 396 g/mol.